The van der Waals surface area contributed by atoms with Gasteiger partial charge in [-0.15, -0.1) is 0 Å². The Balaban J connectivity index is 1.61. The molecule has 6 nitrogen and oxygen atoms in total. The number of hydrogen-bond acceptors (Lipinski definition) is 6. The summed E-state index contributed by atoms with van der Waals surface area (Å²) in [5.74, 6) is 1.05. The highest BCUT2D eigenvalue weighted by atomic mass is 35.5. The Kier molecular flexibility index (Phi) is 5.46. The maximum atomic E-state index is 13.0. The number of nitrogens with zero attached hydrogens (tertiary/aromatic N) is 1. The third-order valence-electron chi connectivity index (χ3n) is 4.74. The van der Waals surface area contributed by atoms with Crippen molar-refractivity contribution < 1.29 is 14.4 Å². The molecule has 4 aromatic rings. The Morgan fingerprint density at radius 2 is 1.77 bits per heavy atom. The number of rotatable bonds is 5. The molecule has 0 aliphatic carbocycles. The average molecular weight is 423 g/mol. The molecular weight excluding hydrogens is 406 g/mol. The van der Waals surface area contributed by atoms with Crippen molar-refractivity contribution in [3.8, 4) is 16.9 Å². The number of aryl methyl sites for hydroxylation is 1. The van der Waals surface area contributed by atoms with Crippen molar-refractivity contribution in [2.75, 3.05) is 5.23 Å². The fourth-order valence-electron chi connectivity index (χ4n) is 3.21. The Bertz CT molecular complexity index is 1250. The molecule has 1 aromatic heterocycles. The molecule has 0 saturated heterocycles. The van der Waals surface area contributed by atoms with Gasteiger partial charge in [0.1, 0.15) is 23.7 Å². The fourth-order valence-corrected chi connectivity index (χ4v) is 3.34. The number of benzene rings is 3. The van der Waals surface area contributed by atoms with Crippen molar-refractivity contribution >= 4 is 28.3 Å². The van der Waals surface area contributed by atoms with Crippen molar-refractivity contribution in [2.45, 2.75) is 13.5 Å². The van der Waals surface area contributed by atoms with E-state index in [1.54, 1.807) is 61.5 Å². The van der Waals surface area contributed by atoms with Crippen molar-refractivity contribution in [2.24, 2.45) is 0 Å². The SMILES string of the molecule is Cc1oc2cc(OCc3ccc(N([O-])O)cc3)ccc2c(=O)c1-c1ccc(Cl)cc1. The van der Waals surface area contributed by atoms with Crippen LogP contribution in [0, 0.1) is 12.1 Å². The van der Waals surface area contributed by atoms with Crippen molar-refractivity contribution in [1.29, 1.82) is 0 Å². The molecule has 1 N–H and O–H groups in total. The van der Waals surface area contributed by atoms with E-state index in [2.05, 4.69) is 0 Å². The van der Waals surface area contributed by atoms with Crippen molar-refractivity contribution in [1.82, 2.24) is 0 Å². The Hall–Kier alpha value is -3.32. The minimum absolute atomic E-state index is 0.121. The maximum absolute atomic E-state index is 13.0. The van der Waals surface area contributed by atoms with Crippen LogP contribution in [0.1, 0.15) is 11.3 Å². The van der Waals surface area contributed by atoms with Gasteiger partial charge in [-0.2, -0.15) is 0 Å². The van der Waals surface area contributed by atoms with Gasteiger partial charge in [0.05, 0.1) is 16.6 Å². The third kappa shape index (κ3) is 4.02. The van der Waals surface area contributed by atoms with Crippen molar-refractivity contribution in [3.05, 3.63) is 98.5 Å². The van der Waals surface area contributed by atoms with Gasteiger partial charge < -0.3 is 19.6 Å². The number of anilines is 1. The lowest BCUT2D eigenvalue weighted by atomic mass is 10.0. The lowest BCUT2D eigenvalue weighted by Crippen LogP contribution is -2.08. The molecule has 0 amide bonds. The summed E-state index contributed by atoms with van der Waals surface area (Å²) in [6, 6.07) is 18.5. The number of hydrogen-bond donors (Lipinski definition) is 1. The van der Waals surface area contributed by atoms with Crippen LogP contribution in [-0.4, -0.2) is 5.21 Å². The van der Waals surface area contributed by atoms with E-state index in [1.807, 2.05) is 0 Å². The van der Waals surface area contributed by atoms with E-state index in [0.29, 0.717) is 33.1 Å². The molecule has 0 radical (unpaired) electrons. The highest BCUT2D eigenvalue weighted by molar-refractivity contribution is 6.30. The van der Waals surface area contributed by atoms with Crippen LogP contribution in [0.3, 0.4) is 0 Å². The van der Waals surface area contributed by atoms with Crippen LogP contribution < -0.4 is 15.4 Å². The standard InChI is InChI=1S/C23H17ClNO5/c1-14-22(16-4-6-17(24)7-5-16)23(26)20-11-10-19(12-21(20)30-14)29-13-15-2-8-18(9-3-15)25(27)28/h2-12,27H,13H2,1H3/q-1. The van der Waals surface area contributed by atoms with Gasteiger partial charge in [0, 0.05) is 11.1 Å². The van der Waals surface area contributed by atoms with E-state index in [-0.39, 0.29) is 22.9 Å². The maximum Gasteiger partial charge on any atom is 0.200 e. The normalized spacial score (nSPS) is 10.9. The monoisotopic (exact) mass is 422 g/mol. The molecule has 0 fully saturated rings. The number of fused-ring (bicyclic) bond motifs is 1. The molecule has 3 aromatic carbocycles. The van der Waals surface area contributed by atoms with Crippen LogP contribution in [0.5, 0.6) is 5.75 Å². The molecular formula is C23H17ClNO5-. The molecule has 30 heavy (non-hydrogen) atoms. The van der Waals surface area contributed by atoms with Crippen LogP contribution in [0.2, 0.25) is 5.02 Å². The second kappa shape index (κ2) is 8.20. The van der Waals surface area contributed by atoms with E-state index in [1.165, 1.54) is 12.1 Å². The summed E-state index contributed by atoms with van der Waals surface area (Å²) < 4.78 is 11.7. The van der Waals surface area contributed by atoms with Crippen LogP contribution in [0.4, 0.5) is 5.69 Å². The molecule has 0 aliphatic rings. The second-order valence-electron chi connectivity index (χ2n) is 6.76. The summed E-state index contributed by atoms with van der Waals surface area (Å²) in [5, 5.41) is 20.6. The van der Waals surface area contributed by atoms with Crippen LogP contribution in [0.15, 0.2) is 75.9 Å². The smallest absolute Gasteiger partial charge is 0.200 e. The highest BCUT2D eigenvalue weighted by Gasteiger charge is 2.14. The van der Waals surface area contributed by atoms with Gasteiger partial charge in [-0.05, 0) is 54.4 Å². The van der Waals surface area contributed by atoms with Crippen molar-refractivity contribution in [3.63, 3.8) is 0 Å². The van der Waals surface area contributed by atoms with E-state index in [9.17, 15) is 10.0 Å². The Morgan fingerprint density at radius 1 is 1.07 bits per heavy atom. The molecule has 0 spiro atoms. The predicted molar refractivity (Wildman–Crippen MR) is 116 cm³/mol. The Labute approximate surface area is 177 Å². The van der Waals surface area contributed by atoms with Gasteiger partial charge in [0.2, 0.25) is 5.43 Å². The Morgan fingerprint density at radius 3 is 2.43 bits per heavy atom. The van der Waals surface area contributed by atoms with E-state index in [0.717, 1.165) is 11.1 Å². The summed E-state index contributed by atoms with van der Waals surface area (Å²) in [7, 11) is 0. The minimum atomic E-state index is -0.198. The molecule has 0 atom stereocenters. The van der Waals surface area contributed by atoms with E-state index >= 15 is 0 Å². The molecule has 7 heteroatoms. The van der Waals surface area contributed by atoms with Gasteiger partial charge >= 0.3 is 0 Å². The average Bonchev–Trinajstić information content (AvgIpc) is 2.73. The highest BCUT2D eigenvalue weighted by Crippen LogP contribution is 2.27. The van der Waals surface area contributed by atoms with Gasteiger partial charge in [-0.3, -0.25) is 10.0 Å². The summed E-state index contributed by atoms with van der Waals surface area (Å²) in [6.07, 6.45) is 0. The molecule has 0 unspecified atom stereocenters. The first-order chi connectivity index (χ1) is 14.4. The van der Waals surface area contributed by atoms with Gasteiger partial charge in [0.15, 0.2) is 0 Å². The molecule has 0 bridgehead atoms. The van der Waals surface area contributed by atoms with Gasteiger partial charge in [-0.1, -0.05) is 35.9 Å². The fraction of sp³-hybridized carbons (Fsp3) is 0.0870. The van der Waals surface area contributed by atoms with Gasteiger partial charge in [-0.25, -0.2) is 0 Å². The number of halogens is 1. The zero-order valence-electron chi connectivity index (χ0n) is 16.0. The zero-order valence-corrected chi connectivity index (χ0v) is 16.7. The summed E-state index contributed by atoms with van der Waals surface area (Å²) in [6.45, 7) is 2.00. The van der Waals surface area contributed by atoms with Crippen LogP contribution >= 0.6 is 11.6 Å². The zero-order chi connectivity index (χ0) is 21.3. The first-order valence-corrected chi connectivity index (χ1v) is 9.51. The third-order valence-corrected chi connectivity index (χ3v) is 4.99. The molecule has 152 valence electrons. The predicted octanol–water partition coefficient (Wildman–Crippen LogP) is 5.69. The van der Waals surface area contributed by atoms with Gasteiger partial charge in [0.25, 0.3) is 0 Å². The quantitative estimate of drug-likeness (QED) is 0.415. The molecule has 1 heterocycles. The lowest BCUT2D eigenvalue weighted by molar-refractivity contribution is 0.295. The van der Waals surface area contributed by atoms with Crippen LogP contribution in [-0.2, 0) is 6.61 Å². The first-order valence-electron chi connectivity index (χ1n) is 9.13. The molecule has 0 saturated carbocycles. The summed E-state index contributed by atoms with van der Waals surface area (Å²) >= 11 is 5.94. The first kappa shape index (κ1) is 20.0. The van der Waals surface area contributed by atoms with E-state index in [4.69, 9.17) is 26.0 Å². The van der Waals surface area contributed by atoms with Crippen LogP contribution in [0.25, 0.3) is 22.1 Å². The largest absolute Gasteiger partial charge is 0.733 e. The summed E-state index contributed by atoms with van der Waals surface area (Å²) in [4.78, 5) is 13.0. The topological polar surface area (TPSA) is 86.0 Å². The molecule has 0 aliphatic heterocycles. The lowest BCUT2D eigenvalue weighted by Gasteiger charge is -2.21. The summed E-state index contributed by atoms with van der Waals surface area (Å²) in [5.41, 5.74) is 2.52. The second-order valence-corrected chi connectivity index (χ2v) is 7.19. The minimum Gasteiger partial charge on any atom is -0.733 e. The van der Waals surface area contributed by atoms with E-state index < -0.39 is 0 Å². The molecule has 4 rings (SSSR count). The number of ether oxygens (including phenoxy) is 1.